The Balaban J connectivity index is 2.59. The molecule has 0 unspecified atom stereocenters. The molecule has 0 bridgehead atoms. The molecule has 100 valence electrons. The first kappa shape index (κ1) is 12.7. The second kappa shape index (κ2) is 4.49. The molecule has 1 fully saturated rings. The molecule has 0 atom stereocenters. The summed E-state index contributed by atoms with van der Waals surface area (Å²) >= 11 is 0. The van der Waals surface area contributed by atoms with E-state index in [9.17, 15) is 14.7 Å². The lowest BCUT2D eigenvalue weighted by molar-refractivity contribution is 0.141. The number of anilines is 2. The Bertz CT molecular complexity index is 569. The Morgan fingerprint density at radius 1 is 1.39 bits per heavy atom. The fourth-order valence-corrected chi connectivity index (χ4v) is 2.14. The lowest BCUT2D eigenvalue weighted by atomic mass is 10.1. The average Bonchev–Trinajstić information content (AvgIpc) is 2.30. The number of hydrogen-bond acceptors (Lipinski definition) is 5. The fourth-order valence-electron chi connectivity index (χ4n) is 2.14. The molecular weight excluding hydrogens is 236 g/mol. The van der Waals surface area contributed by atoms with Gasteiger partial charge in [-0.1, -0.05) is 6.92 Å². The molecule has 1 aromatic rings. The topological polar surface area (TPSA) is 93.5 Å². The summed E-state index contributed by atoms with van der Waals surface area (Å²) in [6.07, 6.45) is 0.324. The van der Waals surface area contributed by atoms with Gasteiger partial charge in [-0.05, 0) is 6.42 Å². The SMILES string of the molecule is CCCn1c(N)c(N2CC(O)C2)c(=O)n(C)c1=O. The summed E-state index contributed by atoms with van der Waals surface area (Å²) in [6.45, 7) is 3.17. The molecule has 0 radical (unpaired) electrons. The van der Waals surface area contributed by atoms with Crippen molar-refractivity contribution >= 4 is 11.5 Å². The van der Waals surface area contributed by atoms with Crippen LogP contribution < -0.4 is 21.9 Å². The molecule has 1 aromatic heterocycles. The van der Waals surface area contributed by atoms with Crippen LogP contribution in [0.5, 0.6) is 0 Å². The van der Waals surface area contributed by atoms with Gasteiger partial charge in [0.05, 0.1) is 6.10 Å². The average molecular weight is 254 g/mol. The number of nitrogen functional groups attached to an aromatic ring is 1. The molecule has 0 aliphatic carbocycles. The maximum atomic E-state index is 12.1. The number of hydrogen-bond donors (Lipinski definition) is 2. The minimum Gasteiger partial charge on any atom is -0.389 e. The van der Waals surface area contributed by atoms with Gasteiger partial charge in [-0.3, -0.25) is 13.9 Å². The molecule has 1 aliphatic heterocycles. The third kappa shape index (κ3) is 1.80. The summed E-state index contributed by atoms with van der Waals surface area (Å²) in [6, 6.07) is 0. The van der Waals surface area contributed by atoms with E-state index in [-0.39, 0.29) is 5.82 Å². The van der Waals surface area contributed by atoms with Crippen LogP contribution in [-0.4, -0.2) is 33.4 Å². The largest absolute Gasteiger partial charge is 0.389 e. The number of nitrogens with zero attached hydrogens (tertiary/aromatic N) is 3. The van der Waals surface area contributed by atoms with Crippen LogP contribution in [0.25, 0.3) is 0 Å². The Morgan fingerprint density at radius 2 is 2.00 bits per heavy atom. The molecule has 7 nitrogen and oxygen atoms in total. The predicted molar refractivity (Wildman–Crippen MR) is 68.9 cm³/mol. The van der Waals surface area contributed by atoms with Crippen LogP contribution in [0.15, 0.2) is 9.59 Å². The molecule has 1 aliphatic rings. The van der Waals surface area contributed by atoms with Crippen molar-refractivity contribution < 1.29 is 5.11 Å². The van der Waals surface area contributed by atoms with E-state index in [0.29, 0.717) is 25.3 Å². The van der Waals surface area contributed by atoms with Crippen molar-refractivity contribution in [2.45, 2.75) is 26.0 Å². The van der Waals surface area contributed by atoms with Gasteiger partial charge in [0, 0.05) is 26.7 Å². The Morgan fingerprint density at radius 3 is 2.50 bits per heavy atom. The summed E-state index contributed by atoms with van der Waals surface area (Å²) in [5, 5.41) is 9.30. The summed E-state index contributed by atoms with van der Waals surface area (Å²) in [5.74, 6) is 0.192. The minimum atomic E-state index is -0.430. The van der Waals surface area contributed by atoms with E-state index in [4.69, 9.17) is 5.73 Å². The summed E-state index contributed by atoms with van der Waals surface area (Å²) in [4.78, 5) is 25.7. The van der Waals surface area contributed by atoms with Crippen molar-refractivity contribution in [3.05, 3.63) is 20.8 Å². The number of aliphatic hydroxyl groups is 1. The molecule has 0 amide bonds. The summed E-state index contributed by atoms with van der Waals surface area (Å²) in [7, 11) is 1.44. The highest BCUT2D eigenvalue weighted by molar-refractivity contribution is 5.64. The van der Waals surface area contributed by atoms with E-state index in [1.54, 1.807) is 4.90 Å². The van der Waals surface area contributed by atoms with Crippen molar-refractivity contribution in [3.8, 4) is 0 Å². The van der Waals surface area contributed by atoms with Gasteiger partial charge in [-0.2, -0.15) is 0 Å². The van der Waals surface area contributed by atoms with Crippen LogP contribution in [0.1, 0.15) is 13.3 Å². The van der Waals surface area contributed by atoms with Gasteiger partial charge in [0.15, 0.2) is 0 Å². The number of aromatic nitrogens is 2. The maximum absolute atomic E-state index is 12.1. The zero-order valence-corrected chi connectivity index (χ0v) is 10.6. The standard InChI is InChI=1S/C11H18N4O3/c1-3-4-15-9(12)8(14-5-7(16)6-14)10(17)13(2)11(15)18/h7,16H,3-6,12H2,1-2H3. The summed E-state index contributed by atoms with van der Waals surface area (Å²) < 4.78 is 2.47. The van der Waals surface area contributed by atoms with Crippen molar-refractivity contribution in [1.82, 2.24) is 9.13 Å². The molecule has 0 saturated carbocycles. The van der Waals surface area contributed by atoms with Crippen LogP contribution in [0.4, 0.5) is 11.5 Å². The van der Waals surface area contributed by atoms with Crippen molar-refractivity contribution in [1.29, 1.82) is 0 Å². The van der Waals surface area contributed by atoms with E-state index in [2.05, 4.69) is 0 Å². The quantitative estimate of drug-likeness (QED) is 0.701. The van der Waals surface area contributed by atoms with Gasteiger partial charge in [-0.15, -0.1) is 0 Å². The van der Waals surface area contributed by atoms with Crippen LogP contribution in [0, 0.1) is 0 Å². The highest BCUT2D eigenvalue weighted by atomic mass is 16.3. The molecule has 7 heteroatoms. The zero-order chi connectivity index (χ0) is 13.4. The fraction of sp³-hybridized carbons (Fsp3) is 0.636. The molecule has 2 rings (SSSR count). The second-order valence-electron chi connectivity index (χ2n) is 4.59. The Labute approximate surface area is 104 Å². The first-order valence-corrected chi connectivity index (χ1v) is 5.99. The van der Waals surface area contributed by atoms with Gasteiger partial charge >= 0.3 is 5.69 Å². The molecule has 0 aromatic carbocycles. The van der Waals surface area contributed by atoms with Crippen LogP contribution >= 0.6 is 0 Å². The molecular formula is C11H18N4O3. The Kier molecular flexibility index (Phi) is 3.16. The first-order valence-electron chi connectivity index (χ1n) is 5.99. The van der Waals surface area contributed by atoms with Crippen LogP contribution in [0.2, 0.25) is 0 Å². The van der Waals surface area contributed by atoms with Crippen LogP contribution in [0.3, 0.4) is 0 Å². The highest BCUT2D eigenvalue weighted by Crippen LogP contribution is 2.22. The van der Waals surface area contributed by atoms with E-state index in [1.165, 1.54) is 11.6 Å². The first-order chi connectivity index (χ1) is 8.47. The lowest BCUT2D eigenvalue weighted by Gasteiger charge is -2.38. The predicted octanol–water partition coefficient (Wildman–Crippen LogP) is -1.28. The minimum absolute atomic E-state index is 0.192. The van der Waals surface area contributed by atoms with Gasteiger partial charge in [0.25, 0.3) is 5.56 Å². The molecule has 3 N–H and O–H groups in total. The Hall–Kier alpha value is -1.76. The van der Waals surface area contributed by atoms with E-state index in [0.717, 1.165) is 11.0 Å². The summed E-state index contributed by atoms with van der Waals surface area (Å²) in [5.41, 5.74) is 5.43. The third-order valence-electron chi connectivity index (χ3n) is 3.18. The normalized spacial score (nSPS) is 15.8. The number of aliphatic hydroxyl groups excluding tert-OH is 1. The van der Waals surface area contributed by atoms with Crippen molar-refractivity contribution in [2.75, 3.05) is 23.7 Å². The van der Waals surface area contributed by atoms with E-state index in [1.807, 2.05) is 6.92 Å². The van der Waals surface area contributed by atoms with Crippen molar-refractivity contribution in [2.24, 2.45) is 7.05 Å². The molecule has 0 spiro atoms. The monoisotopic (exact) mass is 254 g/mol. The second-order valence-corrected chi connectivity index (χ2v) is 4.59. The van der Waals surface area contributed by atoms with Gasteiger partial charge in [-0.25, -0.2) is 4.79 Å². The maximum Gasteiger partial charge on any atom is 0.332 e. The molecule has 2 heterocycles. The van der Waals surface area contributed by atoms with Gasteiger partial charge in [0.1, 0.15) is 11.5 Å². The van der Waals surface area contributed by atoms with E-state index < -0.39 is 17.4 Å². The van der Waals surface area contributed by atoms with E-state index >= 15 is 0 Å². The van der Waals surface area contributed by atoms with Gasteiger partial charge in [0.2, 0.25) is 0 Å². The lowest BCUT2D eigenvalue weighted by Crippen LogP contribution is -2.55. The number of rotatable bonds is 3. The van der Waals surface area contributed by atoms with Crippen molar-refractivity contribution in [3.63, 3.8) is 0 Å². The zero-order valence-electron chi connectivity index (χ0n) is 10.6. The molecule has 1 saturated heterocycles. The van der Waals surface area contributed by atoms with Gasteiger partial charge < -0.3 is 15.7 Å². The molecule has 18 heavy (non-hydrogen) atoms. The van der Waals surface area contributed by atoms with Crippen LogP contribution in [-0.2, 0) is 13.6 Å². The number of β-amino-alcohol motifs (C(OH)–C–C–N with tert-alkyl or cyclic N) is 1. The highest BCUT2D eigenvalue weighted by Gasteiger charge is 2.30. The smallest absolute Gasteiger partial charge is 0.332 e. The third-order valence-corrected chi connectivity index (χ3v) is 3.18. The number of nitrogens with two attached hydrogens (primary N) is 1.